The Hall–Kier alpha value is -1.06. The van der Waals surface area contributed by atoms with Gasteiger partial charge in [-0.25, -0.2) is 0 Å². The van der Waals surface area contributed by atoms with Crippen LogP contribution >= 0.6 is 11.6 Å². The zero-order chi connectivity index (χ0) is 15.2. The molecule has 21 heavy (non-hydrogen) atoms. The molecule has 1 aliphatic heterocycles. The molecular weight excluding hydrogens is 286 g/mol. The Kier molecular flexibility index (Phi) is 6.07. The van der Waals surface area contributed by atoms with Crippen LogP contribution in [0.3, 0.4) is 0 Å². The van der Waals surface area contributed by atoms with Crippen LogP contribution in [-0.4, -0.2) is 29.1 Å². The lowest BCUT2D eigenvalue weighted by molar-refractivity contribution is -0.137. The van der Waals surface area contributed by atoms with Gasteiger partial charge in [0, 0.05) is 17.5 Å². The molecule has 1 aliphatic rings. The molecule has 0 saturated carbocycles. The second-order valence-electron chi connectivity index (χ2n) is 5.89. The van der Waals surface area contributed by atoms with Crippen molar-refractivity contribution >= 4 is 17.6 Å². The molecule has 1 saturated heterocycles. The fourth-order valence-corrected chi connectivity index (χ4v) is 3.40. The maximum Gasteiger partial charge on any atom is 0.303 e. The van der Waals surface area contributed by atoms with Crippen LogP contribution in [-0.2, 0) is 4.79 Å². The van der Waals surface area contributed by atoms with Crippen LogP contribution in [0.1, 0.15) is 50.6 Å². The number of hydrogen-bond acceptors (Lipinski definition) is 2. The van der Waals surface area contributed by atoms with Gasteiger partial charge in [-0.3, -0.25) is 9.69 Å². The summed E-state index contributed by atoms with van der Waals surface area (Å²) in [6, 6.07) is 8.60. The van der Waals surface area contributed by atoms with E-state index in [0.717, 1.165) is 43.8 Å². The van der Waals surface area contributed by atoms with E-state index in [9.17, 15) is 4.79 Å². The number of carbonyl (C=O) groups is 1. The molecule has 0 spiro atoms. The minimum atomic E-state index is -0.676. The summed E-state index contributed by atoms with van der Waals surface area (Å²) in [6.07, 6.45) is 4.43. The number of likely N-dealkylation sites (tertiary alicyclic amines) is 1. The molecule has 1 fully saturated rings. The topological polar surface area (TPSA) is 40.5 Å². The summed E-state index contributed by atoms with van der Waals surface area (Å²) < 4.78 is 0. The summed E-state index contributed by atoms with van der Waals surface area (Å²) >= 11 is 5.96. The van der Waals surface area contributed by atoms with Gasteiger partial charge in [-0.2, -0.15) is 0 Å². The monoisotopic (exact) mass is 309 g/mol. The smallest absolute Gasteiger partial charge is 0.303 e. The number of aliphatic carboxylic acids is 1. The predicted octanol–water partition coefficient (Wildman–Crippen LogP) is 4.37. The van der Waals surface area contributed by atoms with Crippen molar-refractivity contribution in [2.75, 3.05) is 13.1 Å². The maximum absolute atomic E-state index is 10.7. The van der Waals surface area contributed by atoms with Gasteiger partial charge >= 0.3 is 5.97 Å². The molecule has 1 N–H and O–H groups in total. The molecule has 0 bridgehead atoms. The Labute approximate surface area is 131 Å². The first-order valence-corrected chi connectivity index (χ1v) is 8.19. The van der Waals surface area contributed by atoms with E-state index in [-0.39, 0.29) is 0 Å². The third kappa shape index (κ3) is 4.72. The van der Waals surface area contributed by atoms with Crippen LogP contribution in [0.15, 0.2) is 24.3 Å². The van der Waals surface area contributed by atoms with Gasteiger partial charge in [0.05, 0.1) is 0 Å². The molecule has 1 aromatic rings. The molecule has 1 unspecified atom stereocenters. The molecule has 0 aliphatic carbocycles. The highest BCUT2D eigenvalue weighted by molar-refractivity contribution is 6.30. The molecule has 1 aromatic carbocycles. The van der Waals surface area contributed by atoms with Crippen LogP contribution in [0, 0.1) is 5.92 Å². The van der Waals surface area contributed by atoms with E-state index in [1.54, 1.807) is 0 Å². The van der Waals surface area contributed by atoms with Gasteiger partial charge in [0.15, 0.2) is 0 Å². The Balaban J connectivity index is 1.90. The highest BCUT2D eigenvalue weighted by atomic mass is 35.5. The normalized spacial score (nSPS) is 18.6. The number of nitrogens with zero attached hydrogens (tertiary/aromatic N) is 1. The van der Waals surface area contributed by atoms with Gasteiger partial charge < -0.3 is 5.11 Å². The number of carboxylic acids is 1. The predicted molar refractivity (Wildman–Crippen MR) is 85.7 cm³/mol. The van der Waals surface area contributed by atoms with Gasteiger partial charge in [0.25, 0.3) is 0 Å². The largest absolute Gasteiger partial charge is 0.481 e. The Morgan fingerprint density at radius 3 is 2.48 bits per heavy atom. The second-order valence-corrected chi connectivity index (χ2v) is 6.32. The SMILES string of the molecule is CCC(c1ccc(Cl)cc1)N1CCC(CCC(=O)O)CC1. The molecule has 1 atom stereocenters. The Morgan fingerprint density at radius 1 is 1.33 bits per heavy atom. The molecule has 0 amide bonds. The fourth-order valence-electron chi connectivity index (χ4n) is 3.27. The lowest BCUT2D eigenvalue weighted by Gasteiger charge is -2.37. The lowest BCUT2D eigenvalue weighted by Crippen LogP contribution is -2.36. The molecular formula is C17H24ClNO2. The van der Waals surface area contributed by atoms with E-state index in [1.807, 2.05) is 12.1 Å². The average molecular weight is 310 g/mol. The van der Waals surface area contributed by atoms with E-state index in [1.165, 1.54) is 5.56 Å². The summed E-state index contributed by atoms with van der Waals surface area (Å²) in [5.41, 5.74) is 1.32. The van der Waals surface area contributed by atoms with Crippen LogP contribution < -0.4 is 0 Å². The number of piperidine rings is 1. The van der Waals surface area contributed by atoms with Crippen LogP contribution in [0.4, 0.5) is 0 Å². The van der Waals surface area contributed by atoms with Gasteiger partial charge in [0.2, 0.25) is 0 Å². The van der Waals surface area contributed by atoms with Crippen molar-refractivity contribution in [3.05, 3.63) is 34.9 Å². The van der Waals surface area contributed by atoms with E-state index in [0.29, 0.717) is 18.4 Å². The highest BCUT2D eigenvalue weighted by Crippen LogP contribution is 2.31. The zero-order valence-electron chi connectivity index (χ0n) is 12.6. The highest BCUT2D eigenvalue weighted by Gasteiger charge is 2.25. The number of halogens is 1. The quantitative estimate of drug-likeness (QED) is 0.848. The molecule has 0 radical (unpaired) electrons. The van der Waals surface area contributed by atoms with Crippen molar-refractivity contribution in [3.63, 3.8) is 0 Å². The van der Waals surface area contributed by atoms with Crippen molar-refractivity contribution in [3.8, 4) is 0 Å². The summed E-state index contributed by atoms with van der Waals surface area (Å²) in [6.45, 7) is 4.34. The number of carboxylic acid groups (broad SMARTS) is 1. The average Bonchev–Trinajstić information content (AvgIpc) is 2.49. The van der Waals surface area contributed by atoms with Crippen molar-refractivity contribution in [1.29, 1.82) is 0 Å². The van der Waals surface area contributed by atoms with E-state index in [4.69, 9.17) is 16.7 Å². The summed E-state index contributed by atoms with van der Waals surface area (Å²) in [5, 5.41) is 9.55. The lowest BCUT2D eigenvalue weighted by atomic mass is 9.90. The number of benzene rings is 1. The van der Waals surface area contributed by atoms with E-state index >= 15 is 0 Å². The van der Waals surface area contributed by atoms with E-state index < -0.39 is 5.97 Å². The van der Waals surface area contributed by atoms with Crippen molar-refractivity contribution < 1.29 is 9.90 Å². The third-order valence-electron chi connectivity index (χ3n) is 4.50. The maximum atomic E-state index is 10.7. The van der Waals surface area contributed by atoms with Crippen LogP contribution in [0.5, 0.6) is 0 Å². The van der Waals surface area contributed by atoms with Gasteiger partial charge in [-0.15, -0.1) is 0 Å². The molecule has 116 valence electrons. The minimum Gasteiger partial charge on any atom is -0.481 e. The fraction of sp³-hybridized carbons (Fsp3) is 0.588. The van der Waals surface area contributed by atoms with Crippen LogP contribution in [0.25, 0.3) is 0 Å². The van der Waals surface area contributed by atoms with Crippen molar-refractivity contribution in [1.82, 2.24) is 4.90 Å². The van der Waals surface area contributed by atoms with Gasteiger partial charge in [0.1, 0.15) is 0 Å². The third-order valence-corrected chi connectivity index (χ3v) is 4.75. The first-order valence-electron chi connectivity index (χ1n) is 7.81. The zero-order valence-corrected chi connectivity index (χ0v) is 13.4. The summed E-state index contributed by atoms with van der Waals surface area (Å²) in [7, 11) is 0. The Bertz CT molecular complexity index is 452. The van der Waals surface area contributed by atoms with E-state index in [2.05, 4.69) is 24.0 Å². The first-order chi connectivity index (χ1) is 10.1. The minimum absolute atomic E-state index is 0.305. The molecule has 0 aromatic heterocycles. The number of hydrogen-bond donors (Lipinski definition) is 1. The van der Waals surface area contributed by atoms with Crippen molar-refractivity contribution in [2.24, 2.45) is 5.92 Å². The molecule has 3 nitrogen and oxygen atoms in total. The van der Waals surface area contributed by atoms with Crippen molar-refractivity contribution in [2.45, 2.75) is 45.1 Å². The summed E-state index contributed by atoms with van der Waals surface area (Å²) in [5.74, 6) is -0.106. The van der Waals surface area contributed by atoms with Crippen LogP contribution in [0.2, 0.25) is 5.02 Å². The first kappa shape index (κ1) is 16.3. The number of rotatable bonds is 6. The summed E-state index contributed by atoms with van der Waals surface area (Å²) in [4.78, 5) is 13.2. The van der Waals surface area contributed by atoms with Gasteiger partial charge in [-0.05, 0) is 62.4 Å². The molecule has 4 heteroatoms. The molecule has 1 heterocycles. The standard InChI is InChI=1S/C17H24ClNO2/c1-2-16(14-4-6-15(18)7-5-14)19-11-9-13(10-12-19)3-8-17(20)21/h4-7,13,16H,2-3,8-12H2,1H3,(H,20,21). The molecule has 2 rings (SSSR count). The Morgan fingerprint density at radius 2 is 1.95 bits per heavy atom. The second kappa shape index (κ2) is 7.81. The van der Waals surface area contributed by atoms with Gasteiger partial charge in [-0.1, -0.05) is 30.7 Å².